The number of nitrogens with zero attached hydrogens (tertiary/aromatic N) is 1. The van der Waals surface area contributed by atoms with Crippen LogP contribution < -0.4 is 15.4 Å². The van der Waals surface area contributed by atoms with Crippen LogP contribution in [0.5, 0.6) is 5.75 Å². The molecule has 0 radical (unpaired) electrons. The normalized spacial score (nSPS) is 11.8. The summed E-state index contributed by atoms with van der Waals surface area (Å²) in [5.41, 5.74) is 0.676. The van der Waals surface area contributed by atoms with E-state index in [1.807, 2.05) is 6.92 Å². The van der Waals surface area contributed by atoms with Crippen molar-refractivity contribution in [1.82, 2.24) is 10.2 Å². The summed E-state index contributed by atoms with van der Waals surface area (Å²) in [6, 6.07) is 10.4. The van der Waals surface area contributed by atoms with Gasteiger partial charge in [-0.3, -0.25) is 14.5 Å². The molecule has 134 valence electrons. The van der Waals surface area contributed by atoms with Crippen molar-refractivity contribution in [2.24, 2.45) is 0 Å². The molecule has 0 fully saturated rings. The van der Waals surface area contributed by atoms with Crippen LogP contribution in [0.15, 0.2) is 47.1 Å². The minimum Gasteiger partial charge on any atom is -0.497 e. The summed E-state index contributed by atoms with van der Waals surface area (Å²) < 4.78 is 10.3. The Hall–Kier alpha value is -2.80. The van der Waals surface area contributed by atoms with Crippen molar-refractivity contribution in [3.8, 4) is 5.75 Å². The first-order valence-electron chi connectivity index (χ1n) is 7.93. The van der Waals surface area contributed by atoms with Crippen molar-refractivity contribution in [2.45, 2.75) is 13.0 Å². The van der Waals surface area contributed by atoms with Crippen molar-refractivity contribution in [2.75, 3.05) is 32.6 Å². The molecule has 0 aliphatic rings. The number of carbonyl (C=O) groups is 2. The van der Waals surface area contributed by atoms with E-state index in [0.717, 1.165) is 5.75 Å². The van der Waals surface area contributed by atoms with Gasteiger partial charge in [0.1, 0.15) is 11.5 Å². The molecule has 2 amide bonds. The van der Waals surface area contributed by atoms with Crippen LogP contribution in [-0.2, 0) is 9.59 Å². The molecule has 2 N–H and O–H groups in total. The molecule has 0 bridgehead atoms. The molecule has 1 atom stereocenters. The third-order valence-electron chi connectivity index (χ3n) is 3.55. The number of methoxy groups -OCH3 is 1. The van der Waals surface area contributed by atoms with Crippen LogP contribution in [-0.4, -0.2) is 44.0 Å². The second-order valence-electron chi connectivity index (χ2n) is 5.75. The lowest BCUT2D eigenvalue weighted by molar-refractivity contribution is -0.123. The standard InChI is InChI=1S/C18H23N3O4/c1-13(16-5-4-10-25-16)19-17(22)11-21(2)12-18(23)20-14-6-8-15(24-3)9-7-14/h4-10,13H,11-12H2,1-3H3,(H,19,22)(H,20,23)/t13-/m0/s1. The van der Waals surface area contributed by atoms with E-state index < -0.39 is 0 Å². The topological polar surface area (TPSA) is 83.8 Å². The van der Waals surface area contributed by atoms with Crippen LogP contribution in [0, 0.1) is 0 Å². The minimum atomic E-state index is -0.218. The summed E-state index contributed by atoms with van der Waals surface area (Å²) in [6.07, 6.45) is 1.56. The molecule has 0 spiro atoms. The largest absolute Gasteiger partial charge is 0.497 e. The zero-order valence-corrected chi connectivity index (χ0v) is 14.6. The van der Waals surface area contributed by atoms with Crippen LogP contribution in [0.1, 0.15) is 18.7 Å². The Balaban J connectivity index is 1.75. The molecule has 1 heterocycles. The van der Waals surface area contributed by atoms with Gasteiger partial charge < -0.3 is 19.8 Å². The Labute approximate surface area is 146 Å². The van der Waals surface area contributed by atoms with Gasteiger partial charge in [0.15, 0.2) is 0 Å². The molecule has 25 heavy (non-hydrogen) atoms. The Bertz CT molecular complexity index is 683. The van der Waals surface area contributed by atoms with E-state index >= 15 is 0 Å². The minimum absolute atomic E-state index is 0.106. The highest BCUT2D eigenvalue weighted by atomic mass is 16.5. The van der Waals surface area contributed by atoms with Gasteiger partial charge in [0.05, 0.1) is 32.5 Å². The number of carbonyl (C=O) groups excluding carboxylic acids is 2. The molecule has 1 aromatic carbocycles. The fourth-order valence-electron chi connectivity index (χ4n) is 2.32. The zero-order chi connectivity index (χ0) is 18.2. The summed E-state index contributed by atoms with van der Waals surface area (Å²) in [6.45, 7) is 2.06. The summed E-state index contributed by atoms with van der Waals surface area (Å²) in [5, 5.41) is 5.61. The molecule has 0 saturated carbocycles. The lowest BCUT2D eigenvalue weighted by atomic mass is 10.2. The highest BCUT2D eigenvalue weighted by molar-refractivity contribution is 5.92. The Morgan fingerprint density at radius 2 is 1.84 bits per heavy atom. The predicted molar refractivity (Wildman–Crippen MR) is 94.4 cm³/mol. The molecule has 1 aromatic heterocycles. The Morgan fingerprint density at radius 3 is 2.44 bits per heavy atom. The number of likely N-dealkylation sites (N-methyl/N-ethyl adjacent to an activating group) is 1. The van der Waals surface area contributed by atoms with E-state index in [-0.39, 0.29) is 30.9 Å². The summed E-state index contributed by atoms with van der Waals surface area (Å²) in [5.74, 6) is 1.04. The van der Waals surface area contributed by atoms with Gasteiger partial charge in [-0.15, -0.1) is 0 Å². The third kappa shape index (κ3) is 5.96. The maximum Gasteiger partial charge on any atom is 0.238 e. The Kier molecular flexibility index (Phi) is 6.59. The quantitative estimate of drug-likeness (QED) is 0.765. The lowest BCUT2D eigenvalue weighted by Crippen LogP contribution is -2.39. The number of ether oxygens (including phenoxy) is 1. The van der Waals surface area contributed by atoms with Crippen molar-refractivity contribution in [3.63, 3.8) is 0 Å². The summed E-state index contributed by atoms with van der Waals surface area (Å²) in [7, 11) is 3.30. The van der Waals surface area contributed by atoms with Gasteiger partial charge >= 0.3 is 0 Å². The first-order chi connectivity index (χ1) is 12.0. The second-order valence-corrected chi connectivity index (χ2v) is 5.75. The molecule has 0 aliphatic heterocycles. The lowest BCUT2D eigenvalue weighted by Gasteiger charge is -2.18. The van der Waals surface area contributed by atoms with E-state index in [0.29, 0.717) is 11.4 Å². The molecule has 7 heteroatoms. The average Bonchev–Trinajstić information content (AvgIpc) is 3.09. The number of nitrogens with one attached hydrogen (secondary N) is 2. The van der Waals surface area contributed by atoms with E-state index in [4.69, 9.17) is 9.15 Å². The van der Waals surface area contributed by atoms with Crippen LogP contribution in [0.3, 0.4) is 0 Å². The fraction of sp³-hybridized carbons (Fsp3) is 0.333. The number of amides is 2. The average molecular weight is 345 g/mol. The number of furan rings is 1. The van der Waals surface area contributed by atoms with Gasteiger partial charge in [0.2, 0.25) is 11.8 Å². The first-order valence-corrected chi connectivity index (χ1v) is 7.93. The van der Waals surface area contributed by atoms with Crippen molar-refractivity contribution >= 4 is 17.5 Å². The molecule has 0 unspecified atom stereocenters. The molecule has 2 rings (SSSR count). The molecular weight excluding hydrogens is 322 g/mol. The summed E-state index contributed by atoms with van der Waals surface area (Å²) >= 11 is 0. The van der Waals surface area contributed by atoms with Crippen molar-refractivity contribution in [1.29, 1.82) is 0 Å². The first kappa shape index (κ1) is 18.5. The highest BCUT2D eigenvalue weighted by Gasteiger charge is 2.15. The monoisotopic (exact) mass is 345 g/mol. The third-order valence-corrected chi connectivity index (χ3v) is 3.55. The maximum absolute atomic E-state index is 12.0. The molecular formula is C18H23N3O4. The number of hydrogen-bond donors (Lipinski definition) is 2. The van der Waals surface area contributed by atoms with Crippen molar-refractivity contribution < 1.29 is 18.7 Å². The van der Waals surface area contributed by atoms with Gasteiger partial charge in [-0.25, -0.2) is 0 Å². The van der Waals surface area contributed by atoms with Crippen LogP contribution >= 0.6 is 0 Å². The maximum atomic E-state index is 12.0. The molecule has 2 aromatic rings. The molecule has 0 saturated heterocycles. The second kappa shape index (κ2) is 8.89. The van der Waals surface area contributed by atoms with Gasteiger partial charge in [-0.2, -0.15) is 0 Å². The Morgan fingerprint density at radius 1 is 1.16 bits per heavy atom. The van der Waals surface area contributed by atoms with Crippen LogP contribution in [0.2, 0.25) is 0 Å². The number of anilines is 1. The number of hydrogen-bond acceptors (Lipinski definition) is 5. The molecule has 7 nitrogen and oxygen atoms in total. The van der Waals surface area contributed by atoms with Crippen molar-refractivity contribution in [3.05, 3.63) is 48.4 Å². The fourth-order valence-corrected chi connectivity index (χ4v) is 2.32. The predicted octanol–water partition coefficient (Wildman–Crippen LogP) is 2.04. The summed E-state index contributed by atoms with van der Waals surface area (Å²) in [4.78, 5) is 25.7. The smallest absolute Gasteiger partial charge is 0.238 e. The van der Waals surface area contributed by atoms with E-state index in [1.54, 1.807) is 61.7 Å². The van der Waals surface area contributed by atoms with Gasteiger partial charge in [0, 0.05) is 5.69 Å². The van der Waals surface area contributed by atoms with E-state index in [1.165, 1.54) is 0 Å². The van der Waals surface area contributed by atoms with Gasteiger partial charge in [-0.05, 0) is 50.4 Å². The SMILES string of the molecule is COc1ccc(NC(=O)CN(C)CC(=O)N[C@@H](C)c2ccco2)cc1. The van der Waals surface area contributed by atoms with Crippen LogP contribution in [0.4, 0.5) is 5.69 Å². The molecule has 0 aliphatic carbocycles. The zero-order valence-electron chi connectivity index (χ0n) is 14.6. The highest BCUT2D eigenvalue weighted by Crippen LogP contribution is 2.15. The number of rotatable bonds is 8. The van der Waals surface area contributed by atoms with Crippen LogP contribution in [0.25, 0.3) is 0 Å². The van der Waals surface area contributed by atoms with Gasteiger partial charge in [-0.1, -0.05) is 0 Å². The number of benzene rings is 1. The van der Waals surface area contributed by atoms with E-state index in [9.17, 15) is 9.59 Å². The van der Waals surface area contributed by atoms with Gasteiger partial charge in [0.25, 0.3) is 0 Å². The van der Waals surface area contributed by atoms with E-state index in [2.05, 4.69) is 10.6 Å².